The molecule has 0 saturated heterocycles. The van der Waals surface area contributed by atoms with E-state index in [1.807, 2.05) is 30.3 Å². The molecular formula is C18H22ClN7O2. The van der Waals surface area contributed by atoms with Crippen molar-refractivity contribution in [3.05, 3.63) is 47.4 Å². The van der Waals surface area contributed by atoms with E-state index >= 15 is 0 Å². The van der Waals surface area contributed by atoms with Crippen molar-refractivity contribution >= 4 is 24.2 Å². The van der Waals surface area contributed by atoms with Gasteiger partial charge in [0, 0.05) is 0 Å². The van der Waals surface area contributed by atoms with E-state index in [2.05, 4.69) is 25.7 Å². The lowest BCUT2D eigenvalue weighted by Crippen LogP contribution is -2.34. The van der Waals surface area contributed by atoms with Crippen LogP contribution in [0.2, 0.25) is 0 Å². The van der Waals surface area contributed by atoms with Crippen LogP contribution in [0.15, 0.2) is 28.8 Å². The Labute approximate surface area is 168 Å². The number of nitrogens with zero attached hydrogens (tertiary/aromatic N) is 6. The molecule has 28 heavy (non-hydrogen) atoms. The van der Waals surface area contributed by atoms with E-state index in [9.17, 15) is 0 Å². The fraction of sp³-hybridized carbons (Fsp3) is 0.389. The van der Waals surface area contributed by atoms with Crippen LogP contribution < -0.4 is 10.5 Å². The smallest absolute Gasteiger partial charge is 0.276 e. The maximum atomic E-state index is 6.46. The van der Waals surface area contributed by atoms with E-state index < -0.39 is 5.54 Å². The molecule has 9 nitrogen and oxygen atoms in total. The summed E-state index contributed by atoms with van der Waals surface area (Å²) in [5.74, 6) is 2.19. The van der Waals surface area contributed by atoms with Gasteiger partial charge in [0.1, 0.15) is 11.4 Å². The summed E-state index contributed by atoms with van der Waals surface area (Å²) in [4.78, 5) is 4.58. The van der Waals surface area contributed by atoms with Crippen LogP contribution in [0, 0.1) is 6.92 Å². The van der Waals surface area contributed by atoms with Crippen molar-refractivity contribution in [3.8, 4) is 5.75 Å². The first-order valence-electron chi connectivity index (χ1n) is 8.84. The lowest BCUT2D eigenvalue weighted by molar-refractivity contribution is 0.361. The van der Waals surface area contributed by atoms with Gasteiger partial charge in [0.25, 0.3) is 5.89 Å². The zero-order valence-corrected chi connectivity index (χ0v) is 16.5. The molecule has 10 heteroatoms. The van der Waals surface area contributed by atoms with Crippen molar-refractivity contribution in [2.24, 2.45) is 5.73 Å². The van der Waals surface area contributed by atoms with Crippen molar-refractivity contribution in [2.45, 2.75) is 38.1 Å². The Bertz CT molecular complexity index is 976. The van der Waals surface area contributed by atoms with E-state index in [1.54, 1.807) is 18.7 Å². The van der Waals surface area contributed by atoms with Gasteiger partial charge in [0.15, 0.2) is 11.6 Å². The zero-order chi connectivity index (χ0) is 18.9. The molecule has 0 bridgehead atoms. The van der Waals surface area contributed by atoms with Crippen molar-refractivity contribution in [3.63, 3.8) is 0 Å². The number of aryl methyl sites for hydroxylation is 1. The SMILES string of the molecule is COc1cccc(/C=C(/c2nc(C3(N)CCCC3)no2)n2nnnc2C)c1.Cl. The maximum Gasteiger partial charge on any atom is 0.276 e. The highest BCUT2D eigenvalue weighted by molar-refractivity contribution is 5.85. The predicted octanol–water partition coefficient (Wildman–Crippen LogP) is 2.57. The van der Waals surface area contributed by atoms with Crippen LogP contribution in [0.4, 0.5) is 0 Å². The molecule has 1 fully saturated rings. The number of benzene rings is 1. The third kappa shape index (κ3) is 3.76. The van der Waals surface area contributed by atoms with Crippen molar-refractivity contribution in [1.82, 2.24) is 30.3 Å². The first-order valence-corrected chi connectivity index (χ1v) is 8.84. The first-order chi connectivity index (χ1) is 13.1. The number of tetrazole rings is 1. The Hall–Kier alpha value is -2.78. The highest BCUT2D eigenvalue weighted by atomic mass is 35.5. The second kappa shape index (κ2) is 8.07. The number of hydrogen-bond acceptors (Lipinski definition) is 8. The topological polar surface area (TPSA) is 118 Å². The van der Waals surface area contributed by atoms with Gasteiger partial charge in [-0.1, -0.05) is 30.1 Å². The molecule has 2 heterocycles. The highest BCUT2D eigenvalue weighted by Gasteiger charge is 2.36. The van der Waals surface area contributed by atoms with Gasteiger partial charge in [0.05, 0.1) is 12.6 Å². The van der Waals surface area contributed by atoms with Crippen LogP contribution in [0.25, 0.3) is 11.8 Å². The van der Waals surface area contributed by atoms with Crippen LogP contribution >= 0.6 is 12.4 Å². The molecule has 1 aromatic carbocycles. The van der Waals surface area contributed by atoms with E-state index in [0.29, 0.717) is 23.2 Å². The Balaban J connectivity index is 0.00000225. The third-order valence-corrected chi connectivity index (χ3v) is 4.84. The molecule has 0 spiro atoms. The minimum absolute atomic E-state index is 0. The number of ether oxygens (including phenoxy) is 1. The largest absolute Gasteiger partial charge is 0.497 e. The second-order valence-corrected chi connectivity index (χ2v) is 6.73. The molecule has 1 aliphatic carbocycles. The van der Waals surface area contributed by atoms with Gasteiger partial charge in [-0.2, -0.15) is 9.67 Å². The van der Waals surface area contributed by atoms with Gasteiger partial charge < -0.3 is 15.0 Å². The Morgan fingerprint density at radius 1 is 1.32 bits per heavy atom. The van der Waals surface area contributed by atoms with Gasteiger partial charge in [0.2, 0.25) is 0 Å². The molecule has 2 aromatic heterocycles. The van der Waals surface area contributed by atoms with Crippen molar-refractivity contribution in [1.29, 1.82) is 0 Å². The molecule has 4 rings (SSSR count). The summed E-state index contributed by atoms with van der Waals surface area (Å²) >= 11 is 0. The number of hydrogen-bond donors (Lipinski definition) is 1. The van der Waals surface area contributed by atoms with Crippen molar-refractivity contribution in [2.75, 3.05) is 7.11 Å². The van der Waals surface area contributed by atoms with Gasteiger partial charge in [-0.05, 0) is 54.0 Å². The lowest BCUT2D eigenvalue weighted by atomic mass is 9.99. The standard InChI is InChI=1S/C18H21N7O2.ClH/c1-12-21-23-24-25(12)15(11-13-6-5-7-14(10-13)26-2)16-20-17(22-27-16)18(19)8-3-4-9-18;/h5-7,10-11H,3-4,8-9,19H2,1-2H3;1H/b15-11-;. The number of rotatable bonds is 5. The normalized spacial score (nSPS) is 16.0. The van der Waals surface area contributed by atoms with Crippen LogP contribution in [0.1, 0.15) is 48.8 Å². The summed E-state index contributed by atoms with van der Waals surface area (Å²) in [6, 6.07) is 7.63. The number of methoxy groups -OCH3 is 1. The fourth-order valence-electron chi connectivity index (χ4n) is 3.32. The average molecular weight is 404 g/mol. The summed E-state index contributed by atoms with van der Waals surface area (Å²) in [7, 11) is 1.63. The Kier molecular flexibility index (Phi) is 5.76. The van der Waals surface area contributed by atoms with E-state index in [-0.39, 0.29) is 12.4 Å². The lowest BCUT2D eigenvalue weighted by Gasteiger charge is -2.17. The summed E-state index contributed by atoms with van der Waals surface area (Å²) in [5.41, 5.74) is 7.40. The van der Waals surface area contributed by atoms with Crippen LogP contribution in [-0.2, 0) is 5.54 Å². The van der Waals surface area contributed by atoms with Gasteiger partial charge in [-0.25, -0.2) is 0 Å². The molecule has 0 amide bonds. The van der Waals surface area contributed by atoms with Crippen LogP contribution in [0.3, 0.4) is 0 Å². The van der Waals surface area contributed by atoms with Gasteiger partial charge in [-0.3, -0.25) is 0 Å². The second-order valence-electron chi connectivity index (χ2n) is 6.73. The molecule has 0 aliphatic heterocycles. The fourth-order valence-corrected chi connectivity index (χ4v) is 3.32. The Morgan fingerprint density at radius 2 is 2.11 bits per heavy atom. The van der Waals surface area contributed by atoms with Crippen molar-refractivity contribution < 1.29 is 9.26 Å². The van der Waals surface area contributed by atoms with E-state index in [1.165, 1.54) is 0 Å². The molecule has 148 valence electrons. The van der Waals surface area contributed by atoms with E-state index in [0.717, 1.165) is 37.0 Å². The highest BCUT2D eigenvalue weighted by Crippen LogP contribution is 2.35. The quantitative estimate of drug-likeness (QED) is 0.690. The summed E-state index contributed by atoms with van der Waals surface area (Å²) in [6.07, 6.45) is 5.72. The Morgan fingerprint density at radius 3 is 2.79 bits per heavy atom. The maximum absolute atomic E-state index is 6.46. The first kappa shape index (κ1) is 20.0. The third-order valence-electron chi connectivity index (χ3n) is 4.84. The molecular weight excluding hydrogens is 382 g/mol. The molecule has 0 unspecified atom stereocenters. The summed E-state index contributed by atoms with van der Waals surface area (Å²) in [5, 5.41) is 15.9. The number of halogens is 1. The molecule has 1 saturated carbocycles. The molecule has 2 N–H and O–H groups in total. The molecule has 0 atom stereocenters. The van der Waals surface area contributed by atoms with Gasteiger partial charge >= 0.3 is 0 Å². The average Bonchev–Trinajstić information content (AvgIpc) is 3.42. The predicted molar refractivity (Wildman–Crippen MR) is 105 cm³/mol. The monoisotopic (exact) mass is 403 g/mol. The zero-order valence-electron chi connectivity index (χ0n) is 15.7. The number of nitrogens with two attached hydrogens (primary N) is 1. The van der Waals surface area contributed by atoms with Crippen LogP contribution in [0.5, 0.6) is 5.75 Å². The molecule has 3 aromatic rings. The minimum atomic E-state index is -0.529. The number of aromatic nitrogens is 6. The summed E-state index contributed by atoms with van der Waals surface area (Å²) in [6.45, 7) is 1.80. The summed E-state index contributed by atoms with van der Waals surface area (Å²) < 4.78 is 12.4. The van der Waals surface area contributed by atoms with E-state index in [4.69, 9.17) is 15.0 Å². The minimum Gasteiger partial charge on any atom is -0.497 e. The van der Waals surface area contributed by atoms with Gasteiger partial charge in [-0.15, -0.1) is 17.5 Å². The molecule has 0 radical (unpaired) electrons. The molecule has 1 aliphatic rings. The van der Waals surface area contributed by atoms with Crippen LogP contribution in [-0.4, -0.2) is 37.5 Å².